The van der Waals surface area contributed by atoms with Gasteiger partial charge in [0, 0.05) is 18.0 Å². The molecule has 16 heavy (non-hydrogen) atoms. The highest BCUT2D eigenvalue weighted by molar-refractivity contribution is 6.25. The molecule has 0 atom stereocenters. The van der Waals surface area contributed by atoms with E-state index in [1.165, 1.54) is 6.20 Å². The minimum atomic E-state index is -0.432. The van der Waals surface area contributed by atoms with E-state index in [4.69, 9.17) is 5.73 Å². The third-order valence-electron chi connectivity index (χ3n) is 2.81. The molecule has 0 aromatic carbocycles. The Hall–Kier alpha value is -2.17. The van der Waals surface area contributed by atoms with Crippen LogP contribution in [-0.2, 0) is 4.79 Å². The molecule has 5 heteroatoms. The van der Waals surface area contributed by atoms with Crippen LogP contribution in [0.1, 0.15) is 6.42 Å². The number of amides is 1. The second-order valence-corrected chi connectivity index (χ2v) is 3.75. The summed E-state index contributed by atoms with van der Waals surface area (Å²) in [5.74, 6) is -0.432. The molecule has 0 saturated heterocycles. The molecule has 0 radical (unpaired) electrons. The van der Waals surface area contributed by atoms with Crippen LogP contribution in [0.5, 0.6) is 0 Å². The van der Waals surface area contributed by atoms with E-state index in [-0.39, 0.29) is 0 Å². The van der Waals surface area contributed by atoms with Crippen molar-refractivity contribution in [3.8, 4) is 0 Å². The highest BCUT2D eigenvalue weighted by atomic mass is 16.1. The summed E-state index contributed by atoms with van der Waals surface area (Å²) in [6.07, 6.45) is 6.11. The molecule has 80 valence electrons. The maximum atomic E-state index is 11.2. The number of nitrogens with one attached hydrogen (secondary N) is 1. The van der Waals surface area contributed by atoms with Gasteiger partial charge in [-0.05, 0) is 12.0 Å². The van der Waals surface area contributed by atoms with E-state index < -0.39 is 5.91 Å². The Kier molecular flexibility index (Phi) is 1.80. The van der Waals surface area contributed by atoms with Crippen molar-refractivity contribution in [2.75, 3.05) is 6.67 Å². The van der Waals surface area contributed by atoms with Gasteiger partial charge in [-0.15, -0.1) is 0 Å². The van der Waals surface area contributed by atoms with Gasteiger partial charge in [0.1, 0.15) is 6.67 Å². The largest absolute Gasteiger partial charge is 0.366 e. The molecule has 3 aliphatic rings. The molecule has 0 bridgehead atoms. The summed E-state index contributed by atoms with van der Waals surface area (Å²) in [4.78, 5) is 19.6. The molecule has 3 rings (SSSR count). The van der Waals surface area contributed by atoms with Crippen molar-refractivity contribution in [2.24, 2.45) is 15.7 Å². The summed E-state index contributed by atoms with van der Waals surface area (Å²) in [5.41, 5.74) is 9.51. The lowest BCUT2D eigenvalue weighted by Gasteiger charge is -2.22. The fourth-order valence-electron chi connectivity index (χ4n) is 2.06. The quantitative estimate of drug-likeness (QED) is 0.645. The van der Waals surface area contributed by atoms with Gasteiger partial charge < -0.3 is 11.1 Å². The van der Waals surface area contributed by atoms with Gasteiger partial charge in [-0.25, -0.2) is 0 Å². The third kappa shape index (κ3) is 1.14. The summed E-state index contributed by atoms with van der Waals surface area (Å²) >= 11 is 0. The Morgan fingerprint density at radius 2 is 2.38 bits per heavy atom. The van der Waals surface area contributed by atoms with Crippen molar-refractivity contribution < 1.29 is 4.79 Å². The molecule has 3 N–H and O–H groups in total. The lowest BCUT2D eigenvalue weighted by molar-refractivity contribution is -0.114. The molecular weight excluding hydrogens is 204 g/mol. The minimum absolute atomic E-state index is 0.432. The number of hydrogen-bond acceptors (Lipinski definition) is 4. The first-order valence-corrected chi connectivity index (χ1v) is 5.03. The van der Waals surface area contributed by atoms with E-state index in [1.54, 1.807) is 0 Å². The number of rotatable bonds is 1. The number of nitrogens with two attached hydrogens (primary N) is 1. The number of primary amides is 1. The molecule has 0 aromatic rings. The number of hydrogen-bond donors (Lipinski definition) is 2. The molecule has 0 spiro atoms. The normalized spacial score (nSPS) is 21.6. The van der Waals surface area contributed by atoms with E-state index in [9.17, 15) is 4.79 Å². The first kappa shape index (κ1) is 9.08. The van der Waals surface area contributed by atoms with Crippen LogP contribution in [0.15, 0.2) is 44.7 Å². The average Bonchev–Trinajstić information content (AvgIpc) is 2.73. The second-order valence-electron chi connectivity index (χ2n) is 3.75. The monoisotopic (exact) mass is 214 g/mol. The van der Waals surface area contributed by atoms with Gasteiger partial charge in [0.25, 0.3) is 5.91 Å². The minimum Gasteiger partial charge on any atom is -0.366 e. The Morgan fingerprint density at radius 3 is 3.19 bits per heavy atom. The summed E-state index contributed by atoms with van der Waals surface area (Å²) in [5, 5.41) is 3.18. The number of aliphatic imine (C=N–C) groups is 2. The zero-order chi connectivity index (χ0) is 11.1. The summed E-state index contributed by atoms with van der Waals surface area (Å²) in [7, 11) is 0. The summed E-state index contributed by atoms with van der Waals surface area (Å²) < 4.78 is 0. The molecule has 5 nitrogen and oxygen atoms in total. The summed E-state index contributed by atoms with van der Waals surface area (Å²) in [6.45, 7) is 0.553. The standard InChI is InChI=1S/C11H10N4O/c12-11(16)8-4-14-10-7(8)2-1-6-3-13-5-15-9(6)10/h2-4,15H,1,5H2,(H2,12,16). The van der Waals surface area contributed by atoms with Gasteiger partial charge in [-0.3, -0.25) is 14.8 Å². The van der Waals surface area contributed by atoms with Crippen molar-refractivity contribution in [1.82, 2.24) is 5.32 Å². The van der Waals surface area contributed by atoms with Crippen molar-refractivity contribution in [2.45, 2.75) is 6.42 Å². The SMILES string of the molecule is NC(=O)C1=CN=C2C1=CCC1=C2NCN=C1. The predicted molar refractivity (Wildman–Crippen MR) is 60.9 cm³/mol. The Morgan fingerprint density at radius 1 is 1.50 bits per heavy atom. The van der Waals surface area contributed by atoms with E-state index in [0.717, 1.165) is 29.0 Å². The van der Waals surface area contributed by atoms with E-state index >= 15 is 0 Å². The van der Waals surface area contributed by atoms with Crippen LogP contribution < -0.4 is 11.1 Å². The van der Waals surface area contributed by atoms with Gasteiger partial charge >= 0.3 is 0 Å². The third-order valence-corrected chi connectivity index (χ3v) is 2.81. The Labute approximate surface area is 92.1 Å². The van der Waals surface area contributed by atoms with Gasteiger partial charge in [0.05, 0.1) is 17.0 Å². The first-order chi connectivity index (χ1) is 7.77. The zero-order valence-electron chi connectivity index (χ0n) is 8.53. The molecule has 2 heterocycles. The number of carbonyl (C=O) groups is 1. The lowest BCUT2D eigenvalue weighted by atomic mass is 9.91. The van der Waals surface area contributed by atoms with Crippen LogP contribution >= 0.6 is 0 Å². The molecule has 1 amide bonds. The number of fused-ring (bicyclic) bond motifs is 2. The highest BCUT2D eigenvalue weighted by Gasteiger charge is 2.29. The van der Waals surface area contributed by atoms with Crippen LogP contribution in [0, 0.1) is 0 Å². The van der Waals surface area contributed by atoms with Crippen LogP contribution in [0.4, 0.5) is 0 Å². The van der Waals surface area contributed by atoms with Crippen molar-refractivity contribution in [3.05, 3.63) is 34.7 Å². The number of carbonyl (C=O) groups excluding carboxylic acids is 1. The Bertz CT molecular complexity index is 534. The molecule has 2 aliphatic heterocycles. The number of allylic oxidation sites excluding steroid dienone is 3. The average molecular weight is 214 g/mol. The van der Waals surface area contributed by atoms with E-state index in [2.05, 4.69) is 15.3 Å². The molecular formula is C11H10N4O. The highest BCUT2D eigenvalue weighted by Crippen LogP contribution is 2.29. The van der Waals surface area contributed by atoms with Crippen LogP contribution in [0.25, 0.3) is 0 Å². The van der Waals surface area contributed by atoms with Gasteiger partial charge in [-0.1, -0.05) is 6.08 Å². The Balaban J connectivity index is 2.02. The van der Waals surface area contributed by atoms with Crippen molar-refractivity contribution >= 4 is 17.8 Å². The molecule has 0 fully saturated rings. The molecule has 0 aromatic heterocycles. The van der Waals surface area contributed by atoms with E-state index in [1.807, 2.05) is 12.3 Å². The summed E-state index contributed by atoms with van der Waals surface area (Å²) in [6, 6.07) is 0. The van der Waals surface area contributed by atoms with Crippen molar-refractivity contribution in [1.29, 1.82) is 0 Å². The first-order valence-electron chi connectivity index (χ1n) is 5.03. The maximum absolute atomic E-state index is 11.2. The zero-order valence-corrected chi connectivity index (χ0v) is 8.53. The molecule has 0 unspecified atom stereocenters. The van der Waals surface area contributed by atoms with Gasteiger partial charge in [0.15, 0.2) is 0 Å². The van der Waals surface area contributed by atoms with Crippen LogP contribution in [-0.4, -0.2) is 24.5 Å². The predicted octanol–water partition coefficient (Wildman–Crippen LogP) is 0.0259. The maximum Gasteiger partial charge on any atom is 0.250 e. The van der Waals surface area contributed by atoms with E-state index in [0.29, 0.717) is 12.2 Å². The topological polar surface area (TPSA) is 79.8 Å². The molecule has 1 aliphatic carbocycles. The van der Waals surface area contributed by atoms with Crippen LogP contribution in [0.2, 0.25) is 0 Å². The van der Waals surface area contributed by atoms with Gasteiger partial charge in [0.2, 0.25) is 0 Å². The molecule has 0 saturated carbocycles. The van der Waals surface area contributed by atoms with Gasteiger partial charge in [-0.2, -0.15) is 0 Å². The smallest absolute Gasteiger partial charge is 0.250 e. The second kappa shape index (κ2) is 3.16. The number of nitrogens with zero attached hydrogens (tertiary/aromatic N) is 2. The van der Waals surface area contributed by atoms with Crippen LogP contribution in [0.3, 0.4) is 0 Å². The fourth-order valence-corrected chi connectivity index (χ4v) is 2.06. The fraction of sp³-hybridized carbons (Fsp3) is 0.182. The van der Waals surface area contributed by atoms with Crippen molar-refractivity contribution in [3.63, 3.8) is 0 Å². The lowest BCUT2D eigenvalue weighted by Crippen LogP contribution is -2.30.